The molecule has 5 rings (SSSR count). The average Bonchev–Trinajstić information content (AvgIpc) is 3.31. The zero-order valence-electron chi connectivity index (χ0n) is 19.1. The number of nitrogens with zero attached hydrogens (tertiary/aromatic N) is 4. The normalized spacial score (nSPS) is 13.5. The zero-order valence-corrected chi connectivity index (χ0v) is 19.1. The Bertz CT molecular complexity index is 1370. The molecule has 0 aliphatic carbocycles. The summed E-state index contributed by atoms with van der Waals surface area (Å²) in [4.78, 5) is 36.3. The molecule has 0 unspecified atom stereocenters. The lowest BCUT2D eigenvalue weighted by molar-refractivity contribution is 0.0696. The molecule has 2 N–H and O–H groups in total. The molecule has 1 fully saturated rings. The SMILES string of the molecule is O=C(O)c1ccc(N2CCN(c3ccc(NC(=O)c4nc(-c5ccccc5)oc4F)cn3)CC2)cc1. The molecule has 1 amide bonds. The molecule has 0 saturated carbocycles. The summed E-state index contributed by atoms with van der Waals surface area (Å²) in [7, 11) is 0. The highest BCUT2D eigenvalue weighted by molar-refractivity contribution is 6.03. The minimum absolute atomic E-state index is 0.0312. The largest absolute Gasteiger partial charge is 0.478 e. The van der Waals surface area contributed by atoms with E-state index < -0.39 is 23.6 Å². The van der Waals surface area contributed by atoms with E-state index >= 15 is 0 Å². The van der Waals surface area contributed by atoms with Crippen LogP contribution in [0.5, 0.6) is 0 Å². The van der Waals surface area contributed by atoms with E-state index in [9.17, 15) is 14.0 Å². The van der Waals surface area contributed by atoms with Gasteiger partial charge in [-0.2, -0.15) is 4.39 Å². The van der Waals surface area contributed by atoms with E-state index in [2.05, 4.69) is 25.1 Å². The summed E-state index contributed by atoms with van der Waals surface area (Å²) in [6, 6.07) is 18.1. The van der Waals surface area contributed by atoms with Gasteiger partial charge in [-0.1, -0.05) is 18.2 Å². The van der Waals surface area contributed by atoms with E-state index in [-0.39, 0.29) is 11.5 Å². The Morgan fingerprint density at radius 2 is 1.61 bits per heavy atom. The lowest BCUT2D eigenvalue weighted by Gasteiger charge is -2.36. The molecule has 4 aromatic rings. The highest BCUT2D eigenvalue weighted by Crippen LogP contribution is 2.23. The van der Waals surface area contributed by atoms with Crippen LogP contribution in [0.15, 0.2) is 77.3 Å². The van der Waals surface area contributed by atoms with Crippen LogP contribution in [0.2, 0.25) is 0 Å². The molecule has 2 aromatic heterocycles. The third-order valence-corrected chi connectivity index (χ3v) is 5.91. The third kappa shape index (κ3) is 4.88. The van der Waals surface area contributed by atoms with Gasteiger partial charge >= 0.3 is 12.0 Å². The summed E-state index contributed by atoms with van der Waals surface area (Å²) in [5.41, 5.74) is 1.78. The lowest BCUT2D eigenvalue weighted by Crippen LogP contribution is -2.46. The second-order valence-corrected chi connectivity index (χ2v) is 8.19. The maximum atomic E-state index is 14.2. The van der Waals surface area contributed by atoms with Crippen LogP contribution in [0, 0.1) is 6.01 Å². The fourth-order valence-corrected chi connectivity index (χ4v) is 3.99. The number of carbonyl (C=O) groups is 2. The molecule has 1 aliphatic rings. The van der Waals surface area contributed by atoms with E-state index in [0.29, 0.717) is 11.3 Å². The summed E-state index contributed by atoms with van der Waals surface area (Å²) in [5, 5.41) is 11.7. The number of aromatic carboxylic acids is 1. The van der Waals surface area contributed by atoms with Gasteiger partial charge < -0.3 is 24.6 Å². The molecular weight excluding hydrogens is 465 g/mol. The number of carbonyl (C=O) groups excluding carboxylic acids is 1. The van der Waals surface area contributed by atoms with E-state index in [0.717, 1.165) is 37.7 Å². The molecule has 10 heteroatoms. The monoisotopic (exact) mass is 487 g/mol. The summed E-state index contributed by atoms with van der Waals surface area (Å²) in [5.74, 6) is -0.882. The average molecular weight is 487 g/mol. The maximum Gasteiger partial charge on any atom is 0.335 e. The van der Waals surface area contributed by atoms with Crippen LogP contribution in [0.1, 0.15) is 20.8 Å². The Morgan fingerprint density at radius 3 is 2.25 bits per heavy atom. The Kier molecular flexibility index (Phi) is 6.31. The number of amides is 1. The molecule has 0 atom stereocenters. The quantitative estimate of drug-likeness (QED) is 0.417. The van der Waals surface area contributed by atoms with Gasteiger partial charge in [-0.25, -0.2) is 14.8 Å². The number of rotatable bonds is 6. The number of carboxylic acids is 1. The number of nitrogens with one attached hydrogen (secondary N) is 1. The number of oxazole rings is 1. The van der Waals surface area contributed by atoms with Crippen molar-refractivity contribution in [2.45, 2.75) is 0 Å². The smallest absolute Gasteiger partial charge is 0.335 e. The van der Waals surface area contributed by atoms with Gasteiger partial charge in [0.1, 0.15) is 5.82 Å². The summed E-state index contributed by atoms with van der Waals surface area (Å²) in [6.07, 6.45) is 1.51. The number of benzene rings is 2. The maximum absolute atomic E-state index is 14.2. The highest BCUT2D eigenvalue weighted by atomic mass is 19.1. The van der Waals surface area contributed by atoms with Crippen LogP contribution in [0.25, 0.3) is 11.5 Å². The summed E-state index contributed by atoms with van der Waals surface area (Å²) < 4.78 is 19.2. The number of anilines is 3. The first-order valence-electron chi connectivity index (χ1n) is 11.3. The fraction of sp³-hybridized carbons (Fsp3) is 0.154. The van der Waals surface area contributed by atoms with Crippen molar-refractivity contribution in [1.82, 2.24) is 9.97 Å². The molecule has 182 valence electrons. The number of halogens is 1. The van der Waals surface area contributed by atoms with Gasteiger partial charge in [-0.3, -0.25) is 4.79 Å². The van der Waals surface area contributed by atoms with Crippen molar-refractivity contribution in [2.75, 3.05) is 41.3 Å². The van der Waals surface area contributed by atoms with Gasteiger partial charge in [0.05, 0.1) is 17.4 Å². The van der Waals surface area contributed by atoms with Gasteiger partial charge in [0.2, 0.25) is 11.6 Å². The minimum atomic E-state index is -1.05. The topological polar surface area (TPSA) is 112 Å². The van der Waals surface area contributed by atoms with Crippen molar-refractivity contribution < 1.29 is 23.5 Å². The van der Waals surface area contributed by atoms with E-state index in [1.54, 1.807) is 48.5 Å². The molecule has 3 heterocycles. The van der Waals surface area contributed by atoms with Gasteiger partial charge in [0, 0.05) is 37.4 Å². The van der Waals surface area contributed by atoms with Crippen LogP contribution in [0.3, 0.4) is 0 Å². The predicted octanol–water partition coefficient (Wildman–Crippen LogP) is 4.15. The van der Waals surface area contributed by atoms with Gasteiger partial charge in [0.15, 0.2) is 0 Å². The Morgan fingerprint density at radius 1 is 0.917 bits per heavy atom. The summed E-state index contributed by atoms with van der Waals surface area (Å²) >= 11 is 0. The number of carboxylic acid groups (broad SMARTS) is 1. The number of aromatic nitrogens is 2. The van der Waals surface area contributed by atoms with Crippen LogP contribution < -0.4 is 15.1 Å². The van der Waals surface area contributed by atoms with Crippen molar-refractivity contribution in [3.63, 3.8) is 0 Å². The first-order valence-corrected chi connectivity index (χ1v) is 11.3. The molecule has 1 aliphatic heterocycles. The summed E-state index contributed by atoms with van der Waals surface area (Å²) in [6.45, 7) is 2.96. The standard InChI is InChI=1S/C26H22FN5O4/c27-23-22(30-25(36-23)17-4-2-1-3-5-17)24(33)29-19-8-11-21(28-16-19)32-14-12-31(13-15-32)20-9-6-18(7-10-20)26(34)35/h1-11,16H,12-15H2,(H,29,33)(H,34,35). The first-order chi connectivity index (χ1) is 17.5. The second kappa shape index (κ2) is 9.87. The number of piperazine rings is 1. The molecule has 0 spiro atoms. The van der Waals surface area contributed by atoms with E-state index in [4.69, 9.17) is 9.52 Å². The van der Waals surface area contributed by atoms with Crippen LogP contribution >= 0.6 is 0 Å². The van der Waals surface area contributed by atoms with Gasteiger partial charge in [-0.05, 0) is 48.5 Å². The molecule has 9 nitrogen and oxygen atoms in total. The molecule has 1 saturated heterocycles. The highest BCUT2D eigenvalue weighted by Gasteiger charge is 2.22. The molecule has 0 bridgehead atoms. The number of hydrogen-bond donors (Lipinski definition) is 2. The van der Waals surface area contributed by atoms with Crippen molar-refractivity contribution >= 4 is 29.1 Å². The Labute approximate surface area is 205 Å². The molecule has 2 aromatic carbocycles. The van der Waals surface area contributed by atoms with Crippen molar-refractivity contribution in [3.8, 4) is 11.5 Å². The Hall–Kier alpha value is -4.73. The van der Waals surface area contributed by atoms with E-state index in [1.165, 1.54) is 6.20 Å². The van der Waals surface area contributed by atoms with Crippen molar-refractivity contribution in [1.29, 1.82) is 0 Å². The zero-order chi connectivity index (χ0) is 25.1. The predicted molar refractivity (Wildman–Crippen MR) is 132 cm³/mol. The lowest BCUT2D eigenvalue weighted by atomic mass is 10.2. The molecule has 0 radical (unpaired) electrons. The second-order valence-electron chi connectivity index (χ2n) is 8.19. The van der Waals surface area contributed by atoms with Crippen LogP contribution in [0.4, 0.5) is 21.6 Å². The van der Waals surface area contributed by atoms with Crippen LogP contribution in [-0.2, 0) is 0 Å². The first kappa shape index (κ1) is 23.0. The van der Waals surface area contributed by atoms with Gasteiger partial charge in [-0.15, -0.1) is 0 Å². The Balaban J connectivity index is 1.19. The number of pyridine rings is 1. The third-order valence-electron chi connectivity index (χ3n) is 5.91. The van der Waals surface area contributed by atoms with E-state index in [1.807, 2.05) is 18.2 Å². The van der Waals surface area contributed by atoms with Gasteiger partial charge in [0.25, 0.3) is 5.91 Å². The fourth-order valence-electron chi connectivity index (χ4n) is 3.99. The van der Waals surface area contributed by atoms with Crippen LogP contribution in [-0.4, -0.2) is 53.1 Å². The molecule has 36 heavy (non-hydrogen) atoms. The number of hydrogen-bond acceptors (Lipinski definition) is 7. The minimum Gasteiger partial charge on any atom is -0.478 e. The van der Waals surface area contributed by atoms with Crippen molar-refractivity contribution in [2.24, 2.45) is 0 Å². The molecular formula is C26H22FN5O4. The van der Waals surface area contributed by atoms with Crippen molar-refractivity contribution in [3.05, 3.63) is 90.2 Å².